The molecule has 0 radical (unpaired) electrons. The number of piperidine rings is 2. The first-order valence-corrected chi connectivity index (χ1v) is 7.66. The fourth-order valence-electron chi connectivity index (χ4n) is 3.66. The zero-order chi connectivity index (χ0) is 15.0. The maximum absolute atomic E-state index is 12.5. The molecule has 3 rings (SSSR count). The minimum Gasteiger partial charge on any atom is -0.306 e. The monoisotopic (exact) mass is 306 g/mol. The van der Waals surface area contributed by atoms with Gasteiger partial charge in [-0.15, -0.1) is 0 Å². The minimum atomic E-state index is -0.336. The van der Waals surface area contributed by atoms with Crippen LogP contribution in [0.25, 0.3) is 0 Å². The first-order chi connectivity index (χ1) is 10.0. The lowest BCUT2D eigenvalue weighted by Crippen LogP contribution is -2.54. The molecule has 4 nitrogen and oxygen atoms in total. The van der Waals surface area contributed by atoms with E-state index < -0.39 is 0 Å². The van der Waals surface area contributed by atoms with Crippen LogP contribution in [0.4, 0.5) is 0 Å². The molecular formula is C16H19ClN2O2. The summed E-state index contributed by atoms with van der Waals surface area (Å²) in [6.07, 6.45) is 2.10. The van der Waals surface area contributed by atoms with Crippen molar-refractivity contribution in [1.29, 1.82) is 0 Å². The molecule has 5 heteroatoms. The first-order valence-electron chi connectivity index (χ1n) is 7.28. The van der Waals surface area contributed by atoms with Crippen LogP contribution < -0.4 is 5.32 Å². The van der Waals surface area contributed by atoms with Crippen molar-refractivity contribution in [3.8, 4) is 0 Å². The Morgan fingerprint density at radius 3 is 2.57 bits per heavy atom. The summed E-state index contributed by atoms with van der Waals surface area (Å²) >= 11 is 6.32. The number of hydrogen-bond acceptors (Lipinski definition) is 3. The van der Waals surface area contributed by atoms with E-state index in [4.69, 9.17) is 11.6 Å². The molecule has 2 saturated heterocycles. The van der Waals surface area contributed by atoms with Crippen molar-refractivity contribution in [2.24, 2.45) is 5.41 Å². The van der Waals surface area contributed by atoms with E-state index in [1.165, 1.54) is 0 Å². The Bertz CT molecular complexity index is 579. The van der Waals surface area contributed by atoms with E-state index in [0.29, 0.717) is 11.4 Å². The van der Waals surface area contributed by atoms with Gasteiger partial charge in [0.15, 0.2) is 0 Å². The Morgan fingerprint density at radius 2 is 1.90 bits per heavy atom. The van der Waals surface area contributed by atoms with Crippen LogP contribution >= 0.6 is 11.6 Å². The predicted octanol–water partition coefficient (Wildman–Crippen LogP) is 2.18. The summed E-state index contributed by atoms with van der Waals surface area (Å²) in [4.78, 5) is 26.7. The number of likely N-dealkylation sites (tertiary alicyclic amines) is 1. The molecule has 1 aromatic carbocycles. The van der Waals surface area contributed by atoms with Crippen LogP contribution in [-0.4, -0.2) is 36.9 Å². The molecule has 1 unspecified atom stereocenters. The number of carbonyl (C=O) groups is 2. The van der Waals surface area contributed by atoms with Gasteiger partial charge in [-0.1, -0.05) is 29.8 Å². The molecule has 2 amide bonds. The molecule has 1 atom stereocenters. The van der Waals surface area contributed by atoms with Crippen LogP contribution in [-0.2, 0) is 9.59 Å². The largest absolute Gasteiger partial charge is 0.306 e. The standard InChI is InChI=1S/C16H19ClN2O2/c1-19-8-6-16(7-9-19)10-13(20)18-15(21)14(16)11-4-2-3-5-12(11)17/h2-5,14H,6-10H2,1H3,(H,18,20,21). The highest BCUT2D eigenvalue weighted by molar-refractivity contribution is 6.31. The Kier molecular flexibility index (Phi) is 3.76. The van der Waals surface area contributed by atoms with E-state index in [9.17, 15) is 9.59 Å². The fraction of sp³-hybridized carbons (Fsp3) is 0.500. The summed E-state index contributed by atoms with van der Waals surface area (Å²) in [5.74, 6) is -0.700. The van der Waals surface area contributed by atoms with E-state index in [-0.39, 0.29) is 23.1 Å². The van der Waals surface area contributed by atoms with Crippen molar-refractivity contribution < 1.29 is 9.59 Å². The van der Waals surface area contributed by atoms with Crippen molar-refractivity contribution in [2.75, 3.05) is 20.1 Å². The van der Waals surface area contributed by atoms with Gasteiger partial charge >= 0.3 is 0 Å². The van der Waals surface area contributed by atoms with Gasteiger partial charge in [-0.05, 0) is 50.0 Å². The average molecular weight is 307 g/mol. The highest BCUT2D eigenvalue weighted by Gasteiger charge is 2.50. The van der Waals surface area contributed by atoms with Crippen molar-refractivity contribution >= 4 is 23.4 Å². The maximum Gasteiger partial charge on any atom is 0.234 e. The quantitative estimate of drug-likeness (QED) is 0.809. The Hall–Kier alpha value is -1.39. The lowest BCUT2D eigenvalue weighted by atomic mass is 9.62. The van der Waals surface area contributed by atoms with E-state index in [1.54, 1.807) is 0 Å². The summed E-state index contributed by atoms with van der Waals surface area (Å²) < 4.78 is 0. The number of imide groups is 1. The molecule has 1 aromatic rings. The zero-order valence-electron chi connectivity index (χ0n) is 12.1. The van der Waals surface area contributed by atoms with Gasteiger partial charge in [-0.2, -0.15) is 0 Å². The second-order valence-electron chi connectivity index (χ2n) is 6.21. The third-order valence-electron chi connectivity index (χ3n) is 4.85. The van der Waals surface area contributed by atoms with Crippen molar-refractivity contribution in [2.45, 2.75) is 25.2 Å². The van der Waals surface area contributed by atoms with Crippen LogP contribution in [0.3, 0.4) is 0 Å². The average Bonchev–Trinajstić information content (AvgIpc) is 2.43. The Labute approximate surface area is 129 Å². The number of hydrogen-bond donors (Lipinski definition) is 1. The fourth-order valence-corrected chi connectivity index (χ4v) is 3.91. The smallest absolute Gasteiger partial charge is 0.234 e. The topological polar surface area (TPSA) is 49.4 Å². The molecule has 112 valence electrons. The van der Waals surface area contributed by atoms with E-state index in [0.717, 1.165) is 31.5 Å². The number of rotatable bonds is 1. The lowest BCUT2D eigenvalue weighted by molar-refractivity contribution is -0.141. The van der Waals surface area contributed by atoms with E-state index >= 15 is 0 Å². The van der Waals surface area contributed by atoms with Gasteiger partial charge in [0.25, 0.3) is 0 Å². The van der Waals surface area contributed by atoms with Crippen LogP contribution in [0, 0.1) is 5.41 Å². The van der Waals surface area contributed by atoms with Gasteiger partial charge in [0.05, 0.1) is 5.92 Å². The van der Waals surface area contributed by atoms with Gasteiger partial charge in [0, 0.05) is 11.4 Å². The van der Waals surface area contributed by atoms with E-state index in [2.05, 4.69) is 17.3 Å². The number of amides is 2. The molecule has 1 N–H and O–H groups in total. The van der Waals surface area contributed by atoms with Crippen LogP contribution in [0.5, 0.6) is 0 Å². The molecule has 2 fully saturated rings. The van der Waals surface area contributed by atoms with Gasteiger partial charge in [-0.25, -0.2) is 0 Å². The molecule has 21 heavy (non-hydrogen) atoms. The molecular weight excluding hydrogens is 288 g/mol. The molecule has 2 aliphatic heterocycles. The summed E-state index contributed by atoms with van der Waals surface area (Å²) in [5.41, 5.74) is 0.547. The highest BCUT2D eigenvalue weighted by atomic mass is 35.5. The first kappa shape index (κ1) is 14.5. The SMILES string of the molecule is CN1CCC2(CC1)CC(=O)NC(=O)C2c1ccccc1Cl. The number of carbonyl (C=O) groups excluding carboxylic acids is 2. The second kappa shape index (κ2) is 5.43. The van der Waals surface area contributed by atoms with E-state index in [1.807, 2.05) is 24.3 Å². The third-order valence-corrected chi connectivity index (χ3v) is 5.19. The molecule has 2 heterocycles. The summed E-state index contributed by atoms with van der Waals surface area (Å²) in [6, 6.07) is 7.47. The van der Waals surface area contributed by atoms with Crippen LogP contribution in [0.15, 0.2) is 24.3 Å². The van der Waals surface area contributed by atoms with Crippen molar-refractivity contribution in [1.82, 2.24) is 10.2 Å². The number of nitrogens with zero attached hydrogens (tertiary/aromatic N) is 1. The normalized spacial score (nSPS) is 25.9. The third kappa shape index (κ3) is 2.58. The molecule has 0 saturated carbocycles. The van der Waals surface area contributed by atoms with Gasteiger partial charge in [-0.3, -0.25) is 14.9 Å². The predicted molar refractivity (Wildman–Crippen MR) is 81.1 cm³/mol. The second-order valence-corrected chi connectivity index (χ2v) is 6.62. The van der Waals surface area contributed by atoms with Crippen molar-refractivity contribution in [3.63, 3.8) is 0 Å². The molecule has 2 aliphatic rings. The maximum atomic E-state index is 12.5. The highest BCUT2D eigenvalue weighted by Crippen LogP contribution is 2.50. The minimum absolute atomic E-state index is 0.159. The number of nitrogens with one attached hydrogen (secondary N) is 1. The van der Waals surface area contributed by atoms with Crippen molar-refractivity contribution in [3.05, 3.63) is 34.9 Å². The van der Waals surface area contributed by atoms with Crippen LogP contribution in [0.2, 0.25) is 5.02 Å². The van der Waals surface area contributed by atoms with Gasteiger partial charge < -0.3 is 4.90 Å². The molecule has 0 aromatic heterocycles. The summed E-state index contributed by atoms with van der Waals surface area (Å²) in [6.45, 7) is 1.81. The zero-order valence-corrected chi connectivity index (χ0v) is 12.8. The summed E-state index contributed by atoms with van der Waals surface area (Å²) in [5, 5.41) is 3.09. The number of benzene rings is 1. The van der Waals surface area contributed by atoms with Gasteiger partial charge in [0.2, 0.25) is 11.8 Å². The molecule has 1 spiro atoms. The Balaban J connectivity index is 2.03. The van der Waals surface area contributed by atoms with Crippen LogP contribution in [0.1, 0.15) is 30.7 Å². The molecule has 0 aliphatic carbocycles. The number of halogens is 1. The Morgan fingerprint density at radius 1 is 1.24 bits per heavy atom. The lowest BCUT2D eigenvalue weighted by Gasteiger charge is -2.47. The molecule has 0 bridgehead atoms. The van der Waals surface area contributed by atoms with Gasteiger partial charge in [0.1, 0.15) is 0 Å². The summed E-state index contributed by atoms with van der Waals surface area (Å²) in [7, 11) is 2.07.